The van der Waals surface area contributed by atoms with Crippen LogP contribution in [0.4, 0.5) is 4.79 Å². The Hall–Kier alpha value is -1.86. The summed E-state index contributed by atoms with van der Waals surface area (Å²) in [5.74, 6) is 1.91. The summed E-state index contributed by atoms with van der Waals surface area (Å²) in [6.07, 6.45) is -0.138. The van der Waals surface area contributed by atoms with Crippen molar-refractivity contribution in [3.05, 3.63) is 0 Å². The van der Waals surface area contributed by atoms with E-state index in [0.717, 1.165) is 0 Å². The van der Waals surface area contributed by atoms with Gasteiger partial charge in [-0.05, 0) is 47.5 Å². The molecule has 0 aromatic rings. The van der Waals surface area contributed by atoms with Gasteiger partial charge in [0.1, 0.15) is 17.8 Å². The van der Waals surface area contributed by atoms with Crippen LogP contribution in [0.1, 0.15) is 47.5 Å². The maximum absolute atomic E-state index is 13.1. The number of piperidine rings is 1. The van der Waals surface area contributed by atoms with Crippen LogP contribution in [-0.4, -0.2) is 79.8 Å². The number of rotatable bonds is 2. The minimum Gasteiger partial charge on any atom is -0.459 e. The van der Waals surface area contributed by atoms with Gasteiger partial charge in [-0.15, -0.1) is 0 Å². The number of carbonyl (C=O) groups is 2. The summed E-state index contributed by atoms with van der Waals surface area (Å²) in [6.45, 7) is 9.15. The van der Waals surface area contributed by atoms with Crippen LogP contribution in [0.15, 0.2) is 0 Å². The van der Waals surface area contributed by atoms with Crippen LogP contribution in [0.25, 0.3) is 0 Å². The third-order valence-corrected chi connectivity index (χ3v) is 6.41. The molecule has 3 rings (SSSR count). The maximum Gasteiger partial charge on any atom is 0.410 e. The minimum absolute atomic E-state index is 0.245. The molecule has 3 fully saturated rings. The number of methoxy groups -OCH3 is 3. The molecule has 0 N–H and O–H groups in total. The Labute approximate surface area is 183 Å². The number of esters is 1. The van der Waals surface area contributed by atoms with Gasteiger partial charge in [-0.3, -0.25) is 4.90 Å². The molecule has 2 saturated heterocycles. The number of amides is 1. The molecular weight excluding hydrogens is 406 g/mol. The first-order valence-corrected chi connectivity index (χ1v) is 10.4. The number of fused-ring (bicyclic) bond motifs is 1. The van der Waals surface area contributed by atoms with Crippen LogP contribution in [0.2, 0.25) is 0 Å². The molecule has 9 nitrogen and oxygen atoms in total. The Morgan fingerprint density at radius 3 is 2.10 bits per heavy atom. The van der Waals surface area contributed by atoms with Crippen molar-refractivity contribution in [1.82, 2.24) is 4.90 Å². The van der Waals surface area contributed by atoms with Crippen molar-refractivity contribution < 1.29 is 38.0 Å². The fraction of sp³-hybridized carbons (Fsp3) is 0.818. The molecule has 1 amide bonds. The third kappa shape index (κ3) is 4.14. The molecule has 1 aliphatic carbocycles. The van der Waals surface area contributed by atoms with E-state index in [9.17, 15) is 9.59 Å². The molecule has 3 aliphatic rings. The van der Waals surface area contributed by atoms with Gasteiger partial charge in [0.15, 0.2) is 0 Å². The lowest BCUT2D eigenvalue weighted by Gasteiger charge is -2.57. The van der Waals surface area contributed by atoms with Crippen LogP contribution in [0, 0.1) is 17.8 Å². The highest BCUT2D eigenvalue weighted by Gasteiger charge is 2.68. The van der Waals surface area contributed by atoms with Crippen molar-refractivity contribution in [2.24, 2.45) is 5.92 Å². The number of nitrogens with zero attached hydrogens (tertiary/aromatic N) is 1. The Morgan fingerprint density at radius 1 is 1.03 bits per heavy atom. The molecule has 2 unspecified atom stereocenters. The molecule has 2 heterocycles. The summed E-state index contributed by atoms with van der Waals surface area (Å²) in [5, 5.41) is 0. The highest BCUT2D eigenvalue weighted by atomic mass is 16.8. The second kappa shape index (κ2) is 7.93. The Balaban J connectivity index is 2.02. The van der Waals surface area contributed by atoms with Gasteiger partial charge in [-0.2, -0.15) is 0 Å². The van der Waals surface area contributed by atoms with Crippen LogP contribution in [0.5, 0.6) is 0 Å². The first-order chi connectivity index (χ1) is 14.3. The number of ether oxygens (including phenoxy) is 6. The zero-order chi connectivity index (χ0) is 23.2. The standard InChI is InChI=1S/C22H33NO8/c1-19(2,3)31-18(25)23-13-15-17(30-21(5,28-8)20(4,27-7)29-15)14(22(23)11-12-22)9-10-16(24)26-6/h14-15,17H,11-13H2,1-8H3/t14-,15-,17-,20?,21?/m1/s1. The number of hydrogen-bond donors (Lipinski definition) is 0. The monoisotopic (exact) mass is 439 g/mol. The summed E-state index contributed by atoms with van der Waals surface area (Å²) >= 11 is 0. The van der Waals surface area contributed by atoms with Gasteiger partial charge in [0.25, 0.3) is 0 Å². The second-order valence-electron chi connectivity index (χ2n) is 9.47. The van der Waals surface area contributed by atoms with Crippen molar-refractivity contribution in [3.8, 4) is 11.8 Å². The summed E-state index contributed by atoms with van der Waals surface area (Å²) in [6, 6.07) is 0. The normalized spacial score (nSPS) is 36.1. The average molecular weight is 440 g/mol. The fourth-order valence-electron chi connectivity index (χ4n) is 4.32. The maximum atomic E-state index is 13.1. The first-order valence-electron chi connectivity index (χ1n) is 10.4. The number of likely N-dealkylation sites (tertiary alicyclic amines) is 1. The summed E-state index contributed by atoms with van der Waals surface area (Å²) in [5.41, 5.74) is -1.26. The van der Waals surface area contributed by atoms with E-state index in [4.69, 9.17) is 23.7 Å². The van der Waals surface area contributed by atoms with Crippen LogP contribution in [0.3, 0.4) is 0 Å². The van der Waals surface area contributed by atoms with E-state index < -0.39 is 52.9 Å². The largest absolute Gasteiger partial charge is 0.459 e. The molecule has 31 heavy (non-hydrogen) atoms. The molecule has 0 bridgehead atoms. The summed E-state index contributed by atoms with van der Waals surface area (Å²) in [4.78, 5) is 26.5. The van der Waals surface area contributed by atoms with Crippen LogP contribution < -0.4 is 0 Å². The smallest absolute Gasteiger partial charge is 0.410 e. The van der Waals surface area contributed by atoms with Crippen molar-refractivity contribution in [2.45, 2.75) is 82.4 Å². The quantitative estimate of drug-likeness (QED) is 0.367. The molecule has 0 radical (unpaired) electrons. The Bertz CT molecular complexity index is 792. The third-order valence-electron chi connectivity index (χ3n) is 6.41. The van der Waals surface area contributed by atoms with Crippen LogP contribution in [-0.2, 0) is 33.2 Å². The lowest BCUT2D eigenvalue weighted by molar-refractivity contribution is -0.456. The molecule has 0 aromatic carbocycles. The van der Waals surface area contributed by atoms with Gasteiger partial charge < -0.3 is 28.4 Å². The molecule has 9 heteroatoms. The highest BCUT2D eigenvalue weighted by molar-refractivity contribution is 5.88. The van der Waals surface area contributed by atoms with E-state index in [-0.39, 0.29) is 6.54 Å². The van der Waals surface area contributed by atoms with Crippen LogP contribution >= 0.6 is 0 Å². The average Bonchev–Trinajstić information content (AvgIpc) is 3.47. The molecule has 1 spiro atoms. The van der Waals surface area contributed by atoms with Crippen molar-refractivity contribution in [1.29, 1.82) is 0 Å². The van der Waals surface area contributed by atoms with Gasteiger partial charge in [0, 0.05) is 20.1 Å². The van der Waals surface area contributed by atoms with E-state index in [1.165, 1.54) is 21.3 Å². The van der Waals surface area contributed by atoms with E-state index in [1.54, 1.807) is 18.7 Å². The molecule has 174 valence electrons. The topological polar surface area (TPSA) is 92.8 Å². The zero-order valence-corrected chi connectivity index (χ0v) is 19.6. The minimum atomic E-state index is -1.23. The Morgan fingerprint density at radius 2 is 1.61 bits per heavy atom. The van der Waals surface area contributed by atoms with E-state index >= 15 is 0 Å². The predicted octanol–water partition coefficient (Wildman–Crippen LogP) is 2.07. The number of carbonyl (C=O) groups excluding carboxylic acids is 2. The van der Waals surface area contributed by atoms with Gasteiger partial charge in [0.2, 0.25) is 11.6 Å². The molecule has 2 aliphatic heterocycles. The predicted molar refractivity (Wildman–Crippen MR) is 109 cm³/mol. The fourth-order valence-corrected chi connectivity index (χ4v) is 4.32. The molecular formula is C22H33NO8. The lowest BCUT2D eigenvalue weighted by atomic mass is 9.81. The van der Waals surface area contributed by atoms with Crippen molar-refractivity contribution in [3.63, 3.8) is 0 Å². The highest BCUT2D eigenvalue weighted by Crippen LogP contribution is 2.56. The molecule has 0 aromatic heterocycles. The van der Waals surface area contributed by atoms with Crippen molar-refractivity contribution in [2.75, 3.05) is 27.9 Å². The van der Waals surface area contributed by atoms with E-state index in [0.29, 0.717) is 12.8 Å². The lowest BCUT2D eigenvalue weighted by Crippen LogP contribution is -2.72. The van der Waals surface area contributed by atoms with E-state index in [1.807, 2.05) is 20.8 Å². The number of hydrogen-bond acceptors (Lipinski definition) is 8. The van der Waals surface area contributed by atoms with Gasteiger partial charge in [0.05, 0.1) is 25.1 Å². The zero-order valence-electron chi connectivity index (χ0n) is 19.6. The first kappa shape index (κ1) is 23.8. The van der Waals surface area contributed by atoms with E-state index in [2.05, 4.69) is 16.6 Å². The molecule has 1 saturated carbocycles. The second-order valence-corrected chi connectivity index (χ2v) is 9.47. The van der Waals surface area contributed by atoms with Gasteiger partial charge >= 0.3 is 12.1 Å². The van der Waals surface area contributed by atoms with Gasteiger partial charge in [-0.1, -0.05) is 5.92 Å². The summed E-state index contributed by atoms with van der Waals surface area (Å²) < 4.78 is 34.3. The molecule has 5 atom stereocenters. The van der Waals surface area contributed by atoms with Crippen molar-refractivity contribution >= 4 is 12.1 Å². The van der Waals surface area contributed by atoms with Gasteiger partial charge in [-0.25, -0.2) is 9.59 Å². The SMILES string of the molecule is COC(=O)C#C[C@@H]1[C@H]2OC(C)(OC)C(C)(OC)O[C@@H]2CN(C(=O)OC(C)(C)C)C12CC2. The Kier molecular flexibility index (Phi) is 6.08. The summed E-state index contributed by atoms with van der Waals surface area (Å²) in [7, 11) is 4.29.